The van der Waals surface area contributed by atoms with Gasteiger partial charge in [0.05, 0.1) is 0 Å². The van der Waals surface area contributed by atoms with E-state index in [2.05, 4.69) is 9.05 Å². The summed E-state index contributed by atoms with van der Waals surface area (Å²) in [4.78, 5) is 18.5. The quantitative estimate of drug-likeness (QED) is 0.323. The number of rotatable bonds is 4. The van der Waals surface area contributed by atoms with E-state index in [-0.39, 0.29) is 37.7 Å². The van der Waals surface area contributed by atoms with Gasteiger partial charge in [-0.05, 0) is 9.13 Å². The van der Waals surface area contributed by atoms with Gasteiger partial charge in [-0.2, -0.15) is 0 Å². The largest absolute Gasteiger partial charge is 2.00 e. The van der Waals surface area contributed by atoms with Gasteiger partial charge in [-0.25, -0.2) is 0 Å². The second-order valence-electron chi connectivity index (χ2n) is 0.964. The minimum Gasteiger partial charge on any atom is -0.566 e. The predicted molar refractivity (Wildman–Crippen MR) is 37.3 cm³/mol. The van der Waals surface area contributed by atoms with E-state index in [9.17, 15) is 18.9 Å². The van der Waals surface area contributed by atoms with Crippen molar-refractivity contribution in [1.82, 2.24) is 0 Å². The summed E-state index contributed by atoms with van der Waals surface area (Å²) in [5.41, 5.74) is 0. The Labute approximate surface area is 105 Å². The predicted octanol–water partition coefficient (Wildman–Crippen LogP) is -2.44. The summed E-state index contributed by atoms with van der Waals surface area (Å²) in [5, 5.41) is 15.3. The summed E-state index contributed by atoms with van der Waals surface area (Å²) in [6.07, 6.45) is 0. The van der Waals surface area contributed by atoms with E-state index >= 15 is 0 Å². The smallest absolute Gasteiger partial charge is 0.566 e. The van der Waals surface area contributed by atoms with Crippen LogP contribution in [0.25, 0.3) is 0 Å². The van der Waals surface area contributed by atoms with E-state index in [1.807, 2.05) is 0 Å². The van der Waals surface area contributed by atoms with Crippen LogP contribution in [0.15, 0.2) is 0 Å². The van der Waals surface area contributed by atoms with Crippen molar-refractivity contribution in [3.05, 3.63) is 0 Å². The van der Waals surface area contributed by atoms with Crippen LogP contribution in [0.3, 0.4) is 0 Å². The Kier molecular flexibility index (Phi) is 23.8. The molecule has 0 aromatic heterocycles. The van der Waals surface area contributed by atoms with E-state index in [1.54, 1.807) is 0 Å². The molecule has 0 aromatic rings. The summed E-state index contributed by atoms with van der Waals surface area (Å²) < 4.78 is 25.6. The third kappa shape index (κ3) is 31.9. The Hall–Kier alpha value is 1.22. The molecule has 0 aliphatic heterocycles. The van der Waals surface area contributed by atoms with Crippen molar-refractivity contribution in [2.75, 3.05) is 13.6 Å². The molecule has 0 saturated carbocycles. The van der Waals surface area contributed by atoms with Crippen LogP contribution < -0.4 is 9.79 Å². The van der Waals surface area contributed by atoms with Crippen LogP contribution in [0.1, 0.15) is 0 Å². The van der Waals surface area contributed by atoms with Gasteiger partial charge in [0.2, 0.25) is 0 Å². The van der Waals surface area contributed by atoms with E-state index in [0.29, 0.717) is 0 Å². The van der Waals surface area contributed by atoms with Crippen molar-refractivity contribution in [2.45, 2.75) is 0 Å². The van der Waals surface area contributed by atoms with Gasteiger partial charge in [0, 0.05) is 0 Å². The zero-order chi connectivity index (χ0) is 9.98. The third-order valence-corrected chi connectivity index (χ3v) is 0.979. The molecule has 72 valence electrons. The maximum Gasteiger partial charge on any atom is 2.00 e. The van der Waals surface area contributed by atoms with Crippen LogP contribution in [-0.4, -0.2) is 61.5 Å². The molecule has 0 spiro atoms. The second-order valence-corrected chi connectivity index (χ2v) is 2.37. The van der Waals surface area contributed by atoms with Crippen molar-refractivity contribution >= 4 is 54.2 Å². The van der Waals surface area contributed by atoms with E-state index in [4.69, 9.17) is 10.2 Å². The standard InChI is InChI=1S/2CH3O4P.Ca/c2*2-1-5-6(3)4;/h2*2H,1H2;/q;;+2. The Bertz CT molecular complexity index is 124. The number of aliphatic hydroxyl groups is 2. The van der Waals surface area contributed by atoms with Crippen LogP contribution in [-0.2, 0) is 18.2 Å². The zero-order valence-corrected chi connectivity index (χ0v) is 10.4. The fourth-order valence-corrected chi connectivity index (χ4v) is 0.283. The van der Waals surface area contributed by atoms with Crippen molar-refractivity contribution in [1.29, 1.82) is 0 Å². The van der Waals surface area contributed by atoms with Gasteiger partial charge in [-0.15, -0.1) is 9.05 Å². The molecule has 8 nitrogen and oxygen atoms in total. The van der Waals surface area contributed by atoms with Gasteiger partial charge in [-0.3, -0.25) is 0 Å². The Morgan fingerprint density at radius 2 is 1.23 bits per heavy atom. The van der Waals surface area contributed by atoms with E-state index in [1.165, 1.54) is 0 Å². The summed E-state index contributed by atoms with van der Waals surface area (Å²) in [5.74, 6) is 0. The topological polar surface area (TPSA) is 139 Å². The summed E-state index contributed by atoms with van der Waals surface area (Å²) in [7, 11) is -5.70. The molecule has 0 saturated heterocycles. The fourth-order valence-electron chi connectivity index (χ4n) is 0.0943. The average molecular weight is 260 g/mol. The average Bonchev–Trinajstić information content (AvgIpc) is 1.87. The number of aliphatic hydroxyl groups excluding tert-OH is 2. The summed E-state index contributed by atoms with van der Waals surface area (Å²) in [6.45, 7) is -1.53. The van der Waals surface area contributed by atoms with Crippen molar-refractivity contribution in [3.63, 3.8) is 0 Å². The van der Waals surface area contributed by atoms with Gasteiger partial charge in [0.15, 0.2) is 13.6 Å². The minimum absolute atomic E-state index is 0. The maximum atomic E-state index is 9.25. The van der Waals surface area contributed by atoms with E-state index in [0.717, 1.165) is 0 Å². The molecular weight excluding hydrogens is 254 g/mol. The molecule has 0 rings (SSSR count). The first-order valence-electron chi connectivity index (χ1n) is 2.31. The second kappa shape index (κ2) is 15.7. The van der Waals surface area contributed by atoms with Crippen molar-refractivity contribution < 1.29 is 38.2 Å². The van der Waals surface area contributed by atoms with Gasteiger partial charge >= 0.3 is 54.2 Å². The maximum absolute atomic E-state index is 9.25. The Morgan fingerprint density at radius 1 is 1.00 bits per heavy atom. The molecule has 0 bridgehead atoms. The first kappa shape index (κ1) is 19.7. The molecule has 0 radical (unpaired) electrons. The Balaban J connectivity index is -0.000000143. The van der Waals surface area contributed by atoms with Crippen LogP contribution >= 0.6 is 16.5 Å². The molecule has 0 amide bonds. The zero-order valence-electron chi connectivity index (χ0n) is 6.36. The molecule has 2 unspecified atom stereocenters. The van der Waals surface area contributed by atoms with Gasteiger partial charge in [0.25, 0.3) is 0 Å². The first-order chi connectivity index (χ1) is 5.54. The summed E-state index contributed by atoms with van der Waals surface area (Å²) in [6, 6.07) is 0. The third-order valence-electron chi connectivity index (χ3n) is 0.326. The molecule has 0 heterocycles. The first-order valence-corrected chi connectivity index (χ1v) is 4.50. The molecule has 2 N–H and O–H groups in total. The molecular formula is C2H6CaO8P2+2. The fraction of sp³-hybridized carbons (Fsp3) is 1.00. The molecule has 0 aliphatic rings. The normalized spacial score (nSPS) is 10.5. The summed E-state index contributed by atoms with van der Waals surface area (Å²) >= 11 is 0. The molecule has 2 atom stereocenters. The van der Waals surface area contributed by atoms with Gasteiger partial charge in [-0.1, -0.05) is 0 Å². The number of hydrogen-bond donors (Lipinski definition) is 2. The Morgan fingerprint density at radius 3 is 1.23 bits per heavy atom. The molecule has 13 heavy (non-hydrogen) atoms. The van der Waals surface area contributed by atoms with Crippen LogP contribution in [0, 0.1) is 0 Å². The van der Waals surface area contributed by atoms with Gasteiger partial charge < -0.3 is 20.0 Å². The SMILES string of the molecule is O=[P+]([O-])OCO.O=[P+]([O-])OCO.[Ca+2]. The van der Waals surface area contributed by atoms with E-state index < -0.39 is 30.1 Å². The molecule has 0 aromatic carbocycles. The monoisotopic (exact) mass is 260 g/mol. The van der Waals surface area contributed by atoms with Crippen LogP contribution in [0.5, 0.6) is 0 Å². The van der Waals surface area contributed by atoms with Crippen molar-refractivity contribution in [3.8, 4) is 0 Å². The van der Waals surface area contributed by atoms with Crippen LogP contribution in [0.4, 0.5) is 0 Å². The molecule has 0 fully saturated rings. The van der Waals surface area contributed by atoms with Crippen molar-refractivity contribution in [2.24, 2.45) is 0 Å². The number of hydrogen-bond acceptors (Lipinski definition) is 8. The van der Waals surface area contributed by atoms with Crippen LogP contribution in [0.2, 0.25) is 0 Å². The minimum atomic E-state index is -2.85. The molecule has 0 aliphatic carbocycles. The van der Waals surface area contributed by atoms with Gasteiger partial charge in [0.1, 0.15) is 0 Å². The molecule has 11 heteroatoms.